The number of fused-ring (bicyclic) bond motifs is 1. The quantitative estimate of drug-likeness (QED) is 0.321. The highest BCUT2D eigenvalue weighted by atomic mass is 35.5. The molecule has 4 rings (SSSR count). The van der Waals surface area contributed by atoms with Crippen LogP contribution in [-0.2, 0) is 17.6 Å². The first-order valence-electron chi connectivity index (χ1n) is 10.7. The molecule has 0 bridgehead atoms. The van der Waals surface area contributed by atoms with Gasteiger partial charge in [0.05, 0.1) is 6.42 Å². The molecule has 1 aromatic heterocycles. The van der Waals surface area contributed by atoms with Gasteiger partial charge in [0.15, 0.2) is 16.6 Å². The number of nitrogens with one attached hydrogen (secondary N) is 2. The van der Waals surface area contributed by atoms with Crippen molar-refractivity contribution in [3.05, 3.63) is 94.3 Å². The number of rotatable bonds is 6. The average molecular weight is 478 g/mol. The predicted molar refractivity (Wildman–Crippen MR) is 137 cm³/mol. The summed E-state index contributed by atoms with van der Waals surface area (Å²) in [5.74, 6) is 0.933. The Labute approximate surface area is 203 Å². The van der Waals surface area contributed by atoms with Crippen molar-refractivity contribution >= 4 is 51.6 Å². The van der Waals surface area contributed by atoms with E-state index in [1.807, 2.05) is 42.5 Å². The fourth-order valence-corrected chi connectivity index (χ4v) is 3.79. The molecule has 1 heterocycles. The Kier molecular flexibility index (Phi) is 7.06. The smallest absolute Gasteiger partial charge is 0.230 e. The first-order valence-corrected chi connectivity index (χ1v) is 11.5. The van der Waals surface area contributed by atoms with Gasteiger partial charge in [0, 0.05) is 17.1 Å². The molecular formula is C26H24ClN3O2S. The van der Waals surface area contributed by atoms with E-state index in [0.29, 0.717) is 23.3 Å². The van der Waals surface area contributed by atoms with Crippen LogP contribution in [0.3, 0.4) is 0 Å². The number of nitrogens with zero attached hydrogens (tertiary/aromatic N) is 1. The molecule has 0 aliphatic carbocycles. The molecule has 0 saturated heterocycles. The predicted octanol–water partition coefficient (Wildman–Crippen LogP) is 6.25. The summed E-state index contributed by atoms with van der Waals surface area (Å²) in [6.45, 7) is 4.32. The van der Waals surface area contributed by atoms with Crippen molar-refractivity contribution < 1.29 is 9.21 Å². The molecule has 4 aromatic rings. The van der Waals surface area contributed by atoms with Crippen molar-refractivity contribution in [2.45, 2.75) is 32.6 Å². The highest BCUT2D eigenvalue weighted by Crippen LogP contribution is 2.23. The maximum Gasteiger partial charge on any atom is 0.230 e. The summed E-state index contributed by atoms with van der Waals surface area (Å²) in [4.78, 5) is 16.8. The highest BCUT2D eigenvalue weighted by molar-refractivity contribution is 7.80. The van der Waals surface area contributed by atoms with Gasteiger partial charge in [0.25, 0.3) is 0 Å². The summed E-state index contributed by atoms with van der Waals surface area (Å²) in [5.41, 5.74) is 5.64. The lowest BCUT2D eigenvalue weighted by atomic mass is 10.0. The zero-order valence-electron chi connectivity index (χ0n) is 18.4. The van der Waals surface area contributed by atoms with Gasteiger partial charge in [0.1, 0.15) is 5.52 Å². The van der Waals surface area contributed by atoms with Gasteiger partial charge in [0.2, 0.25) is 5.91 Å². The Morgan fingerprint density at radius 2 is 1.73 bits per heavy atom. The second-order valence-electron chi connectivity index (χ2n) is 8.17. The first kappa shape index (κ1) is 23.0. The van der Waals surface area contributed by atoms with Crippen LogP contribution in [0.5, 0.6) is 0 Å². The average Bonchev–Trinajstić information content (AvgIpc) is 3.18. The van der Waals surface area contributed by atoms with E-state index < -0.39 is 0 Å². The van der Waals surface area contributed by atoms with Gasteiger partial charge in [-0.3, -0.25) is 4.79 Å². The Balaban J connectivity index is 1.32. The molecule has 0 spiro atoms. The number of halogens is 1. The molecule has 33 heavy (non-hydrogen) atoms. The molecule has 0 atom stereocenters. The van der Waals surface area contributed by atoms with E-state index in [9.17, 15) is 4.79 Å². The molecule has 2 N–H and O–H groups in total. The summed E-state index contributed by atoms with van der Waals surface area (Å²) in [7, 11) is 0. The van der Waals surface area contributed by atoms with Crippen molar-refractivity contribution in [2.24, 2.45) is 0 Å². The number of amides is 1. The lowest BCUT2D eigenvalue weighted by Gasteiger charge is -2.10. The van der Waals surface area contributed by atoms with Crippen LogP contribution in [0, 0.1) is 0 Å². The molecule has 7 heteroatoms. The zero-order chi connectivity index (χ0) is 23.4. The van der Waals surface area contributed by atoms with E-state index in [1.54, 1.807) is 12.1 Å². The van der Waals surface area contributed by atoms with Crippen LogP contribution in [0.1, 0.15) is 42.3 Å². The number of aromatic nitrogens is 1. The number of hydrogen-bond acceptors (Lipinski definition) is 4. The van der Waals surface area contributed by atoms with Gasteiger partial charge >= 0.3 is 0 Å². The van der Waals surface area contributed by atoms with Crippen molar-refractivity contribution in [3.63, 3.8) is 0 Å². The summed E-state index contributed by atoms with van der Waals surface area (Å²) in [6.07, 6.45) is 0.815. The molecule has 1 amide bonds. The molecule has 3 aromatic carbocycles. The molecule has 0 saturated carbocycles. The number of carbonyl (C=O) groups excluding carboxylic acids is 1. The van der Waals surface area contributed by atoms with Crippen molar-refractivity contribution in [1.82, 2.24) is 10.3 Å². The Hall–Kier alpha value is -3.22. The fourth-order valence-electron chi connectivity index (χ4n) is 3.43. The molecule has 0 radical (unpaired) electrons. The van der Waals surface area contributed by atoms with E-state index in [-0.39, 0.29) is 17.4 Å². The summed E-state index contributed by atoms with van der Waals surface area (Å²) < 4.78 is 5.90. The largest absolute Gasteiger partial charge is 0.440 e. The third-order valence-electron chi connectivity index (χ3n) is 5.22. The lowest BCUT2D eigenvalue weighted by molar-refractivity contribution is -0.119. The van der Waals surface area contributed by atoms with E-state index in [4.69, 9.17) is 28.2 Å². The number of hydrogen-bond donors (Lipinski definition) is 2. The molecule has 5 nitrogen and oxygen atoms in total. The number of benzene rings is 3. The van der Waals surface area contributed by atoms with Gasteiger partial charge in [-0.2, -0.15) is 0 Å². The summed E-state index contributed by atoms with van der Waals surface area (Å²) in [5, 5.41) is 6.62. The first-order chi connectivity index (χ1) is 15.9. The number of carbonyl (C=O) groups is 1. The normalized spacial score (nSPS) is 11.0. The molecule has 0 fully saturated rings. The van der Waals surface area contributed by atoms with E-state index in [2.05, 4.69) is 41.6 Å². The second kappa shape index (κ2) is 10.1. The van der Waals surface area contributed by atoms with Crippen LogP contribution in [0.25, 0.3) is 11.1 Å². The number of anilines is 1. The standard InChI is InChI=1S/C26H24ClN3O2S/c1-16(2)19-7-12-23-22(15-19)29-25(32-23)14-18-5-10-21(11-6-18)28-26(33)30-24(31)13-17-3-8-20(27)9-4-17/h3-12,15-16H,13-14H2,1-2H3,(H2,28,30,31,33). The molecule has 0 aliphatic rings. The monoisotopic (exact) mass is 477 g/mol. The number of thiocarbonyl (C=S) groups is 1. The van der Waals surface area contributed by atoms with Crippen molar-refractivity contribution in [1.29, 1.82) is 0 Å². The fraction of sp³-hybridized carbons (Fsp3) is 0.192. The van der Waals surface area contributed by atoms with Crippen molar-refractivity contribution in [2.75, 3.05) is 5.32 Å². The molecule has 0 aliphatic heterocycles. The summed E-state index contributed by atoms with van der Waals surface area (Å²) >= 11 is 11.1. The maximum atomic E-state index is 12.2. The van der Waals surface area contributed by atoms with E-state index in [0.717, 1.165) is 27.9 Å². The van der Waals surface area contributed by atoms with Crippen LogP contribution in [0.2, 0.25) is 5.02 Å². The van der Waals surface area contributed by atoms with Gasteiger partial charge in [-0.15, -0.1) is 0 Å². The van der Waals surface area contributed by atoms with Crippen LogP contribution in [0.15, 0.2) is 71.1 Å². The van der Waals surface area contributed by atoms with E-state index in [1.165, 1.54) is 5.56 Å². The topological polar surface area (TPSA) is 67.2 Å². The Morgan fingerprint density at radius 3 is 2.42 bits per heavy atom. The third-order valence-corrected chi connectivity index (χ3v) is 5.68. The van der Waals surface area contributed by atoms with Crippen LogP contribution < -0.4 is 10.6 Å². The molecule has 0 unspecified atom stereocenters. The van der Waals surface area contributed by atoms with Gasteiger partial charge in [-0.05, 0) is 71.2 Å². The molecular weight excluding hydrogens is 454 g/mol. The minimum Gasteiger partial charge on any atom is -0.440 e. The van der Waals surface area contributed by atoms with E-state index >= 15 is 0 Å². The number of oxazole rings is 1. The SMILES string of the molecule is CC(C)c1ccc2oc(Cc3ccc(NC(=S)NC(=O)Cc4ccc(Cl)cc4)cc3)nc2c1. The van der Waals surface area contributed by atoms with Gasteiger partial charge in [-0.1, -0.05) is 55.8 Å². The minimum absolute atomic E-state index is 0.192. The highest BCUT2D eigenvalue weighted by Gasteiger charge is 2.10. The zero-order valence-corrected chi connectivity index (χ0v) is 20.0. The van der Waals surface area contributed by atoms with Crippen molar-refractivity contribution in [3.8, 4) is 0 Å². The van der Waals surface area contributed by atoms with Gasteiger partial charge < -0.3 is 15.1 Å². The maximum absolute atomic E-state index is 12.2. The molecule has 168 valence electrons. The Morgan fingerprint density at radius 1 is 1.03 bits per heavy atom. The van der Waals surface area contributed by atoms with Gasteiger partial charge in [-0.25, -0.2) is 4.98 Å². The summed E-state index contributed by atoms with van der Waals surface area (Å²) in [6, 6.07) is 21.1. The van der Waals surface area contributed by atoms with Crippen LogP contribution >= 0.6 is 23.8 Å². The Bertz CT molecular complexity index is 1280. The lowest BCUT2D eigenvalue weighted by Crippen LogP contribution is -2.35. The van der Waals surface area contributed by atoms with Crippen LogP contribution in [-0.4, -0.2) is 16.0 Å². The third kappa shape index (κ3) is 6.18. The minimum atomic E-state index is -0.192. The second-order valence-corrected chi connectivity index (χ2v) is 9.01. The van der Waals surface area contributed by atoms with Crippen LogP contribution in [0.4, 0.5) is 5.69 Å².